The second-order valence-corrected chi connectivity index (χ2v) is 8.84. The van der Waals surface area contributed by atoms with Crippen LogP contribution < -0.4 is 15.4 Å². The number of rotatable bonds is 7. The van der Waals surface area contributed by atoms with Gasteiger partial charge < -0.3 is 15.4 Å². The fourth-order valence-corrected chi connectivity index (χ4v) is 4.86. The van der Waals surface area contributed by atoms with Crippen LogP contribution >= 0.6 is 24.0 Å². The highest BCUT2D eigenvalue weighted by Gasteiger charge is 2.27. The van der Waals surface area contributed by atoms with E-state index in [0.29, 0.717) is 18.2 Å². The van der Waals surface area contributed by atoms with Gasteiger partial charge in [0.25, 0.3) is 0 Å². The molecular formula is C18H30IN3O3S. The zero-order valence-electron chi connectivity index (χ0n) is 15.7. The van der Waals surface area contributed by atoms with E-state index in [-0.39, 0.29) is 35.6 Å². The third-order valence-electron chi connectivity index (χ3n) is 4.66. The summed E-state index contributed by atoms with van der Waals surface area (Å²) in [6, 6.07) is 8.15. The van der Waals surface area contributed by atoms with Crippen molar-refractivity contribution in [1.29, 1.82) is 0 Å². The van der Waals surface area contributed by atoms with Gasteiger partial charge in [-0.25, -0.2) is 8.42 Å². The maximum Gasteiger partial charge on any atom is 0.190 e. The van der Waals surface area contributed by atoms with Crippen molar-refractivity contribution in [2.24, 2.45) is 10.9 Å². The van der Waals surface area contributed by atoms with E-state index in [1.807, 2.05) is 12.1 Å². The highest BCUT2D eigenvalue weighted by Crippen LogP contribution is 2.21. The largest absolute Gasteiger partial charge is 0.497 e. The minimum absolute atomic E-state index is 0. The summed E-state index contributed by atoms with van der Waals surface area (Å²) >= 11 is 0. The lowest BCUT2D eigenvalue weighted by Crippen LogP contribution is -2.40. The summed E-state index contributed by atoms with van der Waals surface area (Å²) < 4.78 is 28.2. The number of methoxy groups -OCH3 is 1. The number of nitrogens with zero attached hydrogens (tertiary/aromatic N) is 1. The van der Waals surface area contributed by atoms with Crippen molar-refractivity contribution >= 4 is 39.8 Å². The predicted octanol–water partition coefficient (Wildman–Crippen LogP) is 2.41. The Hall–Kier alpha value is -1.03. The Morgan fingerprint density at radius 2 is 2.00 bits per heavy atom. The summed E-state index contributed by atoms with van der Waals surface area (Å²) in [6.07, 6.45) is 1.71. The molecular weight excluding hydrogens is 465 g/mol. The molecule has 0 saturated carbocycles. The molecule has 0 radical (unpaired) electrons. The molecule has 1 aliphatic rings. The number of nitrogens with one attached hydrogen (secondary N) is 2. The number of aliphatic imine (C=N–C) groups is 1. The van der Waals surface area contributed by atoms with Crippen LogP contribution in [0.25, 0.3) is 0 Å². The van der Waals surface area contributed by atoms with Crippen LogP contribution in [0.15, 0.2) is 29.3 Å². The van der Waals surface area contributed by atoms with E-state index < -0.39 is 9.84 Å². The smallest absolute Gasteiger partial charge is 0.190 e. The molecule has 1 aromatic carbocycles. The van der Waals surface area contributed by atoms with Crippen LogP contribution in [0.3, 0.4) is 0 Å². The SMILES string of the molecule is CN=C(NCCC(C)c1ccc(OC)cc1)NCC1CCS(=O)(=O)C1.I. The van der Waals surface area contributed by atoms with E-state index in [1.54, 1.807) is 14.2 Å². The average molecular weight is 495 g/mol. The maximum atomic E-state index is 11.5. The van der Waals surface area contributed by atoms with Gasteiger partial charge in [-0.3, -0.25) is 4.99 Å². The van der Waals surface area contributed by atoms with Crippen molar-refractivity contribution in [1.82, 2.24) is 10.6 Å². The molecule has 1 aromatic rings. The molecule has 1 fully saturated rings. The lowest BCUT2D eigenvalue weighted by atomic mass is 9.98. The molecule has 2 N–H and O–H groups in total. The summed E-state index contributed by atoms with van der Waals surface area (Å²) in [6.45, 7) is 3.64. The molecule has 6 nitrogen and oxygen atoms in total. The lowest BCUT2D eigenvalue weighted by molar-refractivity contribution is 0.414. The van der Waals surface area contributed by atoms with E-state index >= 15 is 0 Å². The Morgan fingerprint density at radius 1 is 1.31 bits per heavy atom. The molecule has 2 unspecified atom stereocenters. The van der Waals surface area contributed by atoms with Crippen molar-refractivity contribution in [3.8, 4) is 5.75 Å². The number of ether oxygens (including phenoxy) is 1. The van der Waals surface area contributed by atoms with Crippen LogP contribution in [0.5, 0.6) is 5.75 Å². The minimum Gasteiger partial charge on any atom is -0.497 e. The van der Waals surface area contributed by atoms with Crippen molar-refractivity contribution in [2.45, 2.75) is 25.7 Å². The van der Waals surface area contributed by atoms with Crippen molar-refractivity contribution < 1.29 is 13.2 Å². The summed E-state index contributed by atoms with van der Waals surface area (Å²) in [5.41, 5.74) is 1.28. The Kier molecular flexibility index (Phi) is 9.70. The number of guanidine groups is 1. The molecule has 2 rings (SSSR count). The number of benzene rings is 1. The molecule has 148 valence electrons. The minimum atomic E-state index is -2.82. The van der Waals surface area contributed by atoms with Crippen LogP contribution in [0.2, 0.25) is 0 Å². The van der Waals surface area contributed by atoms with Crippen LogP contribution in [-0.2, 0) is 9.84 Å². The predicted molar refractivity (Wildman–Crippen MR) is 118 cm³/mol. The molecule has 0 amide bonds. The number of hydrogen-bond acceptors (Lipinski definition) is 4. The Morgan fingerprint density at radius 3 is 2.54 bits per heavy atom. The molecule has 0 aromatic heterocycles. The summed E-state index contributed by atoms with van der Waals surface area (Å²) in [5.74, 6) is 2.80. The number of sulfone groups is 1. The first-order valence-corrected chi connectivity index (χ1v) is 10.5. The summed E-state index contributed by atoms with van der Waals surface area (Å²) in [7, 11) is 0.575. The Bertz CT molecular complexity index is 677. The molecule has 8 heteroatoms. The van der Waals surface area contributed by atoms with E-state index in [1.165, 1.54) is 5.56 Å². The van der Waals surface area contributed by atoms with Gasteiger partial charge in [-0.15, -0.1) is 24.0 Å². The molecule has 1 aliphatic heterocycles. The number of hydrogen-bond donors (Lipinski definition) is 2. The van der Waals surface area contributed by atoms with Crippen LogP contribution in [0, 0.1) is 5.92 Å². The maximum absolute atomic E-state index is 11.5. The fraction of sp³-hybridized carbons (Fsp3) is 0.611. The van der Waals surface area contributed by atoms with E-state index in [4.69, 9.17) is 4.74 Å². The number of halogens is 1. The van der Waals surface area contributed by atoms with Crippen LogP contribution in [0.1, 0.15) is 31.2 Å². The standard InChI is InChI=1S/C18H29N3O3S.HI/c1-14(16-4-6-17(24-3)7-5-16)8-10-20-18(19-2)21-12-15-9-11-25(22,23)13-15;/h4-7,14-15H,8-13H2,1-3H3,(H2,19,20,21);1H. The van der Waals surface area contributed by atoms with E-state index in [2.05, 4.69) is 34.7 Å². The monoisotopic (exact) mass is 495 g/mol. The first-order chi connectivity index (χ1) is 11.9. The molecule has 0 spiro atoms. The molecule has 0 bridgehead atoms. The van der Waals surface area contributed by atoms with Crippen molar-refractivity contribution in [2.75, 3.05) is 38.8 Å². The fourth-order valence-electron chi connectivity index (χ4n) is 3.00. The zero-order chi connectivity index (χ0) is 18.3. The molecule has 1 heterocycles. The molecule has 0 aliphatic carbocycles. The zero-order valence-corrected chi connectivity index (χ0v) is 18.8. The highest BCUT2D eigenvalue weighted by atomic mass is 127. The first kappa shape index (κ1) is 23.0. The van der Waals surface area contributed by atoms with E-state index in [0.717, 1.165) is 31.1 Å². The third-order valence-corrected chi connectivity index (χ3v) is 6.50. The average Bonchev–Trinajstić information content (AvgIpc) is 2.96. The van der Waals surface area contributed by atoms with Gasteiger partial charge in [-0.1, -0.05) is 19.1 Å². The van der Waals surface area contributed by atoms with Crippen LogP contribution in [-0.4, -0.2) is 53.1 Å². The first-order valence-electron chi connectivity index (χ1n) is 8.72. The van der Waals surface area contributed by atoms with Gasteiger partial charge >= 0.3 is 0 Å². The molecule has 2 atom stereocenters. The summed E-state index contributed by atoms with van der Waals surface area (Å²) in [5, 5.41) is 6.54. The topological polar surface area (TPSA) is 79.8 Å². The van der Waals surface area contributed by atoms with Gasteiger partial charge in [-0.05, 0) is 42.4 Å². The lowest BCUT2D eigenvalue weighted by Gasteiger charge is -2.17. The quantitative estimate of drug-likeness (QED) is 0.345. The van der Waals surface area contributed by atoms with E-state index in [9.17, 15) is 8.42 Å². The second kappa shape index (κ2) is 11.0. The van der Waals surface area contributed by atoms with Gasteiger partial charge in [0, 0.05) is 20.1 Å². The summed E-state index contributed by atoms with van der Waals surface area (Å²) in [4.78, 5) is 4.21. The van der Waals surface area contributed by atoms with Gasteiger partial charge in [-0.2, -0.15) is 0 Å². The molecule has 1 saturated heterocycles. The van der Waals surface area contributed by atoms with Gasteiger partial charge in [0.2, 0.25) is 0 Å². The second-order valence-electron chi connectivity index (χ2n) is 6.61. The Balaban J connectivity index is 0.00000338. The Labute approximate surface area is 174 Å². The molecule has 26 heavy (non-hydrogen) atoms. The third kappa shape index (κ3) is 7.30. The van der Waals surface area contributed by atoms with Crippen LogP contribution in [0.4, 0.5) is 0 Å². The van der Waals surface area contributed by atoms with Crippen molar-refractivity contribution in [3.05, 3.63) is 29.8 Å². The van der Waals surface area contributed by atoms with Gasteiger partial charge in [0.05, 0.1) is 18.6 Å². The van der Waals surface area contributed by atoms with Crippen molar-refractivity contribution in [3.63, 3.8) is 0 Å². The van der Waals surface area contributed by atoms with Gasteiger partial charge in [0.1, 0.15) is 5.75 Å². The van der Waals surface area contributed by atoms with Gasteiger partial charge in [0.15, 0.2) is 15.8 Å². The normalized spacial score (nSPS) is 20.1. The highest BCUT2D eigenvalue weighted by molar-refractivity contribution is 14.0.